The molecule has 1 aromatic carbocycles. The van der Waals surface area contributed by atoms with Crippen LogP contribution in [0.2, 0.25) is 0 Å². The lowest BCUT2D eigenvalue weighted by Crippen LogP contribution is -2.48. The Morgan fingerprint density at radius 2 is 2.12 bits per heavy atom. The van der Waals surface area contributed by atoms with Crippen LogP contribution < -0.4 is 4.72 Å². The summed E-state index contributed by atoms with van der Waals surface area (Å²) in [6.45, 7) is 0.689. The predicted molar refractivity (Wildman–Crippen MR) is 89.8 cm³/mol. The maximum absolute atomic E-state index is 12.7. The molecule has 1 aromatic rings. The van der Waals surface area contributed by atoms with Gasteiger partial charge in [-0.15, -0.1) is 0 Å². The van der Waals surface area contributed by atoms with Crippen molar-refractivity contribution in [1.29, 1.82) is 0 Å². The Hall–Kier alpha value is -1.97. The molecule has 0 radical (unpaired) electrons. The highest BCUT2D eigenvalue weighted by molar-refractivity contribution is 7.89. The Balaban J connectivity index is 2.22. The lowest BCUT2D eigenvalue weighted by Gasteiger charge is -2.33. The third-order valence-corrected chi connectivity index (χ3v) is 5.50. The SMILES string of the molecule is COCCNS(=O)(=O)c1cccc(C(=O)N2CCCC[C@@H]2C(=O)O)c1. The van der Waals surface area contributed by atoms with Crippen molar-refractivity contribution in [2.75, 3.05) is 26.8 Å². The van der Waals surface area contributed by atoms with Crippen LogP contribution in [0.3, 0.4) is 0 Å². The van der Waals surface area contributed by atoms with Gasteiger partial charge in [0, 0.05) is 25.8 Å². The Labute approximate surface area is 146 Å². The Kier molecular flexibility index (Phi) is 6.51. The van der Waals surface area contributed by atoms with Crippen molar-refractivity contribution in [2.45, 2.75) is 30.2 Å². The van der Waals surface area contributed by atoms with Crippen molar-refractivity contribution in [3.8, 4) is 0 Å². The molecule has 2 N–H and O–H groups in total. The number of ether oxygens (including phenoxy) is 1. The molecule has 0 aliphatic carbocycles. The second-order valence-electron chi connectivity index (χ2n) is 5.77. The number of nitrogens with zero attached hydrogens (tertiary/aromatic N) is 1. The molecule has 1 saturated heterocycles. The smallest absolute Gasteiger partial charge is 0.326 e. The average molecular weight is 370 g/mol. The molecule has 0 unspecified atom stereocenters. The van der Waals surface area contributed by atoms with Crippen molar-refractivity contribution >= 4 is 21.9 Å². The molecular formula is C16H22N2O6S. The second-order valence-corrected chi connectivity index (χ2v) is 7.53. The number of piperidine rings is 1. The minimum Gasteiger partial charge on any atom is -0.480 e. The third-order valence-electron chi connectivity index (χ3n) is 4.04. The summed E-state index contributed by atoms with van der Waals surface area (Å²) >= 11 is 0. The molecule has 0 bridgehead atoms. The quantitative estimate of drug-likeness (QED) is 0.683. The number of nitrogens with one attached hydrogen (secondary N) is 1. The predicted octanol–water partition coefficient (Wildman–Crippen LogP) is 0.691. The molecule has 0 spiro atoms. The summed E-state index contributed by atoms with van der Waals surface area (Å²) in [5.74, 6) is -1.51. The van der Waals surface area contributed by atoms with E-state index in [1.807, 2.05) is 0 Å². The Bertz CT molecular complexity index is 734. The van der Waals surface area contributed by atoms with Crippen LogP contribution in [-0.2, 0) is 19.6 Å². The zero-order chi connectivity index (χ0) is 18.4. The van der Waals surface area contributed by atoms with Gasteiger partial charge in [-0.2, -0.15) is 0 Å². The molecule has 9 heteroatoms. The number of likely N-dealkylation sites (tertiary alicyclic amines) is 1. The average Bonchev–Trinajstić information content (AvgIpc) is 2.61. The van der Waals surface area contributed by atoms with Gasteiger partial charge in [0.2, 0.25) is 10.0 Å². The minimum atomic E-state index is -3.77. The summed E-state index contributed by atoms with van der Waals surface area (Å²) in [6.07, 6.45) is 1.88. The van der Waals surface area contributed by atoms with Gasteiger partial charge in [-0.3, -0.25) is 4.79 Å². The molecule has 2 rings (SSSR count). The molecule has 8 nitrogen and oxygen atoms in total. The van der Waals surface area contributed by atoms with E-state index in [1.165, 1.54) is 36.3 Å². The van der Waals surface area contributed by atoms with Gasteiger partial charge in [0.1, 0.15) is 6.04 Å². The highest BCUT2D eigenvalue weighted by Crippen LogP contribution is 2.21. The van der Waals surface area contributed by atoms with Gasteiger partial charge in [0.05, 0.1) is 11.5 Å². The van der Waals surface area contributed by atoms with Crippen LogP contribution in [-0.4, -0.2) is 63.1 Å². The topological polar surface area (TPSA) is 113 Å². The summed E-state index contributed by atoms with van der Waals surface area (Å²) in [5.41, 5.74) is 0.155. The highest BCUT2D eigenvalue weighted by atomic mass is 32.2. The van der Waals surface area contributed by atoms with Crippen LogP contribution >= 0.6 is 0 Å². The van der Waals surface area contributed by atoms with E-state index in [2.05, 4.69) is 4.72 Å². The van der Waals surface area contributed by atoms with Gasteiger partial charge >= 0.3 is 5.97 Å². The molecule has 1 heterocycles. The number of rotatable bonds is 7. The van der Waals surface area contributed by atoms with Gasteiger partial charge in [-0.05, 0) is 37.5 Å². The number of hydrogen-bond donors (Lipinski definition) is 2. The van der Waals surface area contributed by atoms with Crippen LogP contribution in [0.15, 0.2) is 29.2 Å². The van der Waals surface area contributed by atoms with E-state index in [1.54, 1.807) is 0 Å². The standard InChI is InChI=1S/C16H22N2O6S/c1-24-10-8-17-25(22,23)13-6-4-5-12(11-13)15(19)18-9-3-2-7-14(18)16(20)21/h4-6,11,14,17H,2-3,7-10H2,1H3,(H,20,21)/t14-/m1/s1. The Morgan fingerprint density at radius 3 is 2.80 bits per heavy atom. The zero-order valence-corrected chi connectivity index (χ0v) is 14.8. The van der Waals surface area contributed by atoms with E-state index >= 15 is 0 Å². The summed E-state index contributed by atoms with van der Waals surface area (Å²) < 4.78 is 31.7. The largest absolute Gasteiger partial charge is 0.480 e. The fourth-order valence-corrected chi connectivity index (χ4v) is 3.81. The lowest BCUT2D eigenvalue weighted by atomic mass is 10.0. The molecule has 25 heavy (non-hydrogen) atoms. The monoisotopic (exact) mass is 370 g/mol. The number of carbonyl (C=O) groups is 2. The lowest BCUT2D eigenvalue weighted by molar-refractivity contribution is -0.143. The summed E-state index contributed by atoms with van der Waals surface area (Å²) in [4.78, 5) is 25.3. The van der Waals surface area contributed by atoms with Crippen LogP contribution in [0.1, 0.15) is 29.6 Å². The molecule has 1 fully saturated rings. The number of carboxylic acid groups (broad SMARTS) is 1. The molecule has 1 aliphatic rings. The number of carbonyl (C=O) groups excluding carboxylic acids is 1. The maximum Gasteiger partial charge on any atom is 0.326 e. The maximum atomic E-state index is 12.7. The van der Waals surface area contributed by atoms with Crippen molar-refractivity contribution in [2.24, 2.45) is 0 Å². The molecule has 138 valence electrons. The minimum absolute atomic E-state index is 0.0432. The summed E-state index contributed by atoms with van der Waals surface area (Å²) in [6, 6.07) is 4.74. The van der Waals surface area contributed by atoms with Crippen molar-refractivity contribution < 1.29 is 27.9 Å². The number of amides is 1. The number of benzene rings is 1. The van der Waals surface area contributed by atoms with Gasteiger partial charge < -0.3 is 14.7 Å². The third kappa shape index (κ3) is 4.77. The van der Waals surface area contributed by atoms with Crippen molar-refractivity contribution in [3.05, 3.63) is 29.8 Å². The van der Waals surface area contributed by atoms with E-state index in [-0.39, 0.29) is 23.6 Å². The zero-order valence-electron chi connectivity index (χ0n) is 14.0. The van der Waals surface area contributed by atoms with Crippen LogP contribution in [0.25, 0.3) is 0 Å². The molecule has 1 atom stereocenters. The normalized spacial score (nSPS) is 18.1. The van der Waals surface area contributed by atoms with Gasteiger partial charge in [0.15, 0.2) is 0 Å². The fourth-order valence-electron chi connectivity index (χ4n) is 2.75. The van der Waals surface area contributed by atoms with E-state index in [0.717, 1.165) is 12.8 Å². The number of sulfonamides is 1. The van der Waals surface area contributed by atoms with Crippen LogP contribution in [0.4, 0.5) is 0 Å². The first-order valence-electron chi connectivity index (χ1n) is 7.99. The number of aliphatic carboxylic acids is 1. The molecular weight excluding hydrogens is 348 g/mol. The van der Waals surface area contributed by atoms with Gasteiger partial charge in [0.25, 0.3) is 5.91 Å². The number of hydrogen-bond acceptors (Lipinski definition) is 5. The summed E-state index contributed by atoms with van der Waals surface area (Å²) in [5, 5.41) is 9.30. The number of carboxylic acids is 1. The first kappa shape index (κ1) is 19.4. The highest BCUT2D eigenvalue weighted by Gasteiger charge is 2.32. The summed E-state index contributed by atoms with van der Waals surface area (Å²) in [7, 11) is -2.30. The first-order valence-corrected chi connectivity index (χ1v) is 9.47. The molecule has 1 aliphatic heterocycles. The first-order chi connectivity index (χ1) is 11.9. The van der Waals surface area contributed by atoms with Crippen molar-refractivity contribution in [3.63, 3.8) is 0 Å². The van der Waals surface area contributed by atoms with Crippen LogP contribution in [0.5, 0.6) is 0 Å². The van der Waals surface area contributed by atoms with Crippen LogP contribution in [0, 0.1) is 0 Å². The second kappa shape index (κ2) is 8.41. The van der Waals surface area contributed by atoms with E-state index in [0.29, 0.717) is 13.0 Å². The molecule has 0 aromatic heterocycles. The van der Waals surface area contributed by atoms with E-state index < -0.39 is 27.9 Å². The van der Waals surface area contributed by atoms with Crippen molar-refractivity contribution in [1.82, 2.24) is 9.62 Å². The van der Waals surface area contributed by atoms with Gasteiger partial charge in [-0.25, -0.2) is 17.9 Å². The van der Waals surface area contributed by atoms with E-state index in [9.17, 15) is 23.1 Å². The van der Waals surface area contributed by atoms with Gasteiger partial charge in [-0.1, -0.05) is 6.07 Å². The number of methoxy groups -OCH3 is 1. The Morgan fingerprint density at radius 1 is 1.36 bits per heavy atom. The van der Waals surface area contributed by atoms with E-state index in [4.69, 9.17) is 4.74 Å². The fraction of sp³-hybridized carbons (Fsp3) is 0.500. The molecule has 1 amide bonds. The molecule has 0 saturated carbocycles.